The van der Waals surface area contributed by atoms with Gasteiger partial charge in [0.2, 0.25) is 5.91 Å². The van der Waals surface area contributed by atoms with Crippen LogP contribution in [-0.4, -0.2) is 71.3 Å². The molecule has 206 valence electrons. The summed E-state index contributed by atoms with van der Waals surface area (Å²) in [5, 5.41) is 9.38. The second-order valence-corrected chi connectivity index (χ2v) is 11.0. The number of aliphatic hydroxyl groups is 1. The van der Waals surface area contributed by atoms with Crippen molar-refractivity contribution in [3.63, 3.8) is 0 Å². The van der Waals surface area contributed by atoms with Crippen LogP contribution in [0.2, 0.25) is 0 Å². The Balaban J connectivity index is 1.77. The number of hydrogen-bond acceptors (Lipinski definition) is 6. The van der Waals surface area contributed by atoms with E-state index in [1.54, 1.807) is 22.0 Å². The first kappa shape index (κ1) is 28.0. The van der Waals surface area contributed by atoms with Gasteiger partial charge in [-0.1, -0.05) is 24.3 Å². The van der Waals surface area contributed by atoms with Crippen LogP contribution < -0.4 is 4.90 Å². The molecule has 1 spiro atoms. The molecule has 0 aromatic heterocycles. The highest BCUT2D eigenvalue weighted by Gasteiger charge is 2.78. The number of esters is 1. The molecule has 3 saturated heterocycles. The number of carbonyl (C=O) groups is 3. The Labute approximate surface area is 225 Å². The fourth-order valence-electron chi connectivity index (χ4n) is 6.62. The average Bonchev–Trinajstić information content (AvgIpc) is 3.45. The van der Waals surface area contributed by atoms with Crippen molar-refractivity contribution in [1.82, 2.24) is 4.90 Å². The van der Waals surface area contributed by atoms with Gasteiger partial charge >= 0.3 is 5.97 Å². The Morgan fingerprint density at radius 2 is 2.00 bits per heavy atom. The zero-order valence-electron chi connectivity index (χ0n) is 22.8. The smallest absolute Gasteiger partial charge is 0.312 e. The number of nitrogens with zero attached hydrogens (tertiary/aromatic N) is 2. The number of aryl methyl sites for hydroxylation is 2. The highest BCUT2D eigenvalue weighted by atomic mass is 16.6. The number of amides is 2. The molecule has 3 aliphatic heterocycles. The van der Waals surface area contributed by atoms with Crippen molar-refractivity contribution in [2.45, 2.75) is 70.1 Å². The zero-order valence-corrected chi connectivity index (χ0v) is 22.8. The lowest BCUT2D eigenvalue weighted by atomic mass is 9.66. The molecule has 1 aromatic rings. The molecule has 8 heteroatoms. The number of aliphatic hydroxyl groups excluding tert-OH is 1. The monoisotopic (exact) mass is 524 g/mol. The second-order valence-electron chi connectivity index (χ2n) is 11.0. The third kappa shape index (κ3) is 4.58. The van der Waals surface area contributed by atoms with Gasteiger partial charge in [-0.25, -0.2) is 0 Å². The maximum atomic E-state index is 14.5. The standard InChI is InChI=1S/C30H40N2O6/c1-6-8-18-37-28(36)24-23-26(34)32(16-9-10-17-33)25(30(23)14-13-29(24,5)38-30)27(35)31(15-7-2)22-19-20(3)11-12-21(22)4/h6-7,11-12,19,23-25,33H,1-2,8-10,13-18H2,3-5H3/t23-,24+,25?,29-,30?/m0/s1. The molecule has 3 aliphatic rings. The Bertz CT molecular complexity index is 1120. The quantitative estimate of drug-likeness (QED) is 0.256. The lowest BCUT2D eigenvalue weighted by Crippen LogP contribution is -2.56. The largest absolute Gasteiger partial charge is 0.465 e. The molecule has 2 bridgehead atoms. The summed E-state index contributed by atoms with van der Waals surface area (Å²) in [6.07, 6.45) is 5.95. The molecule has 2 unspecified atom stereocenters. The lowest BCUT2D eigenvalue weighted by Gasteiger charge is -2.37. The van der Waals surface area contributed by atoms with E-state index in [-0.39, 0.29) is 31.6 Å². The van der Waals surface area contributed by atoms with E-state index in [0.717, 1.165) is 16.8 Å². The summed E-state index contributed by atoms with van der Waals surface area (Å²) >= 11 is 0. The Kier molecular flexibility index (Phi) is 8.14. The van der Waals surface area contributed by atoms with Crippen LogP contribution in [0.5, 0.6) is 0 Å². The lowest BCUT2D eigenvalue weighted by molar-refractivity contribution is -0.159. The number of benzene rings is 1. The van der Waals surface area contributed by atoms with Gasteiger partial charge in [-0.05, 0) is 70.1 Å². The number of anilines is 1. The van der Waals surface area contributed by atoms with E-state index in [1.165, 1.54) is 0 Å². The van der Waals surface area contributed by atoms with E-state index in [4.69, 9.17) is 9.47 Å². The predicted octanol–water partition coefficient (Wildman–Crippen LogP) is 3.48. The summed E-state index contributed by atoms with van der Waals surface area (Å²) in [4.78, 5) is 45.2. The number of carbonyl (C=O) groups excluding carboxylic acids is 3. The third-order valence-electron chi connectivity index (χ3n) is 8.37. The van der Waals surface area contributed by atoms with Gasteiger partial charge < -0.3 is 24.4 Å². The van der Waals surface area contributed by atoms with E-state index in [9.17, 15) is 19.5 Å². The molecule has 38 heavy (non-hydrogen) atoms. The summed E-state index contributed by atoms with van der Waals surface area (Å²) in [7, 11) is 0. The highest BCUT2D eigenvalue weighted by Crippen LogP contribution is 2.63. The fourth-order valence-corrected chi connectivity index (χ4v) is 6.62. The van der Waals surface area contributed by atoms with Gasteiger partial charge in [0.1, 0.15) is 17.6 Å². The van der Waals surface area contributed by atoms with Gasteiger partial charge in [-0.3, -0.25) is 14.4 Å². The van der Waals surface area contributed by atoms with E-state index in [2.05, 4.69) is 13.2 Å². The van der Waals surface area contributed by atoms with Gasteiger partial charge in [-0.15, -0.1) is 13.2 Å². The molecule has 1 N–H and O–H groups in total. The van der Waals surface area contributed by atoms with Gasteiger partial charge in [0, 0.05) is 25.4 Å². The molecule has 1 aromatic carbocycles. The van der Waals surface area contributed by atoms with Crippen molar-refractivity contribution in [2.75, 3.05) is 31.2 Å². The van der Waals surface area contributed by atoms with Crippen LogP contribution in [0.25, 0.3) is 0 Å². The first-order valence-corrected chi connectivity index (χ1v) is 13.5. The molecule has 8 nitrogen and oxygen atoms in total. The summed E-state index contributed by atoms with van der Waals surface area (Å²) in [6.45, 7) is 14.1. The van der Waals surface area contributed by atoms with Crippen LogP contribution in [0.4, 0.5) is 5.69 Å². The Morgan fingerprint density at radius 1 is 1.24 bits per heavy atom. The molecule has 0 saturated carbocycles. The number of unbranched alkanes of at least 4 members (excludes halogenated alkanes) is 1. The number of rotatable bonds is 12. The van der Waals surface area contributed by atoms with E-state index in [1.807, 2.05) is 39.0 Å². The predicted molar refractivity (Wildman–Crippen MR) is 144 cm³/mol. The third-order valence-corrected chi connectivity index (χ3v) is 8.37. The molecule has 0 radical (unpaired) electrons. The van der Waals surface area contributed by atoms with Crippen molar-refractivity contribution >= 4 is 23.5 Å². The van der Waals surface area contributed by atoms with Crippen molar-refractivity contribution in [3.05, 3.63) is 54.6 Å². The van der Waals surface area contributed by atoms with Crippen molar-refractivity contribution in [3.8, 4) is 0 Å². The molecule has 2 amide bonds. The molecule has 3 heterocycles. The molecular weight excluding hydrogens is 484 g/mol. The summed E-state index contributed by atoms with van der Waals surface area (Å²) < 4.78 is 12.2. The average molecular weight is 525 g/mol. The number of hydrogen-bond donors (Lipinski definition) is 1. The van der Waals surface area contributed by atoms with Crippen LogP contribution in [-0.2, 0) is 23.9 Å². The summed E-state index contributed by atoms with van der Waals surface area (Å²) in [5.41, 5.74) is 0.698. The van der Waals surface area contributed by atoms with Crippen LogP contribution in [0, 0.1) is 25.7 Å². The van der Waals surface area contributed by atoms with Gasteiger partial charge in [0.15, 0.2) is 0 Å². The van der Waals surface area contributed by atoms with Gasteiger partial charge in [0.05, 0.1) is 18.1 Å². The van der Waals surface area contributed by atoms with E-state index in [0.29, 0.717) is 38.6 Å². The van der Waals surface area contributed by atoms with Crippen LogP contribution in [0.3, 0.4) is 0 Å². The van der Waals surface area contributed by atoms with Crippen LogP contribution >= 0.6 is 0 Å². The SMILES string of the molecule is C=CCCOC(=O)[C@H]1[C@H]2C(=O)N(CCCCO)C(C(=O)N(CC=C)c3cc(C)ccc3C)C23CC[C@]1(C)O3. The molecule has 3 fully saturated rings. The van der Waals surface area contributed by atoms with Gasteiger partial charge in [0.25, 0.3) is 5.91 Å². The zero-order chi connectivity index (χ0) is 27.7. The summed E-state index contributed by atoms with van der Waals surface area (Å²) in [6, 6.07) is 5.04. The number of fused-ring (bicyclic) bond motifs is 1. The first-order chi connectivity index (χ1) is 18.1. The Hall–Kier alpha value is -2.97. The first-order valence-electron chi connectivity index (χ1n) is 13.5. The normalized spacial score (nSPS) is 29.3. The van der Waals surface area contributed by atoms with E-state index < -0.39 is 35.0 Å². The molecule has 0 aliphatic carbocycles. The number of ether oxygens (including phenoxy) is 2. The minimum Gasteiger partial charge on any atom is -0.465 e. The minimum absolute atomic E-state index is 0.00683. The van der Waals surface area contributed by atoms with Crippen LogP contribution in [0.1, 0.15) is 50.2 Å². The maximum Gasteiger partial charge on any atom is 0.312 e. The Morgan fingerprint density at radius 3 is 2.68 bits per heavy atom. The minimum atomic E-state index is -1.12. The van der Waals surface area contributed by atoms with Gasteiger partial charge in [-0.2, -0.15) is 0 Å². The second kappa shape index (κ2) is 11.0. The highest BCUT2D eigenvalue weighted by molar-refractivity contribution is 6.05. The molecular formula is C30H40N2O6. The maximum absolute atomic E-state index is 14.5. The van der Waals surface area contributed by atoms with Crippen molar-refractivity contribution in [1.29, 1.82) is 0 Å². The summed E-state index contributed by atoms with van der Waals surface area (Å²) in [5.74, 6) is -2.56. The van der Waals surface area contributed by atoms with Crippen molar-refractivity contribution in [2.24, 2.45) is 11.8 Å². The topological polar surface area (TPSA) is 96.4 Å². The van der Waals surface area contributed by atoms with Crippen molar-refractivity contribution < 1.29 is 29.0 Å². The molecule has 4 rings (SSSR count). The van der Waals surface area contributed by atoms with E-state index >= 15 is 0 Å². The molecule has 5 atom stereocenters. The number of likely N-dealkylation sites (tertiary alicyclic amines) is 1. The fraction of sp³-hybridized carbons (Fsp3) is 0.567. The van der Waals surface area contributed by atoms with Crippen LogP contribution in [0.15, 0.2) is 43.5 Å².